The van der Waals surface area contributed by atoms with Crippen molar-refractivity contribution in [1.82, 2.24) is 15.1 Å². The molecule has 2 aromatic rings. The summed E-state index contributed by atoms with van der Waals surface area (Å²) in [7, 11) is 2.12. The van der Waals surface area contributed by atoms with Crippen LogP contribution in [0.2, 0.25) is 0 Å². The monoisotopic (exact) mass is 260 g/mol. The smallest absolute Gasteiger partial charge is 0.270 e. The fraction of sp³-hybridized carbons (Fsp3) is 0.462. The zero-order valence-electron chi connectivity index (χ0n) is 10.8. The first kappa shape index (κ1) is 12.1. The Morgan fingerprint density at radius 3 is 2.84 bits per heavy atom. The number of likely N-dealkylation sites (tertiary alicyclic amines) is 1. The summed E-state index contributed by atoms with van der Waals surface area (Å²) in [5.41, 5.74) is 1.98. The van der Waals surface area contributed by atoms with E-state index in [1.54, 1.807) is 12.1 Å². The molecule has 0 unspecified atom stereocenters. The van der Waals surface area contributed by atoms with E-state index in [0.29, 0.717) is 5.92 Å². The van der Waals surface area contributed by atoms with Gasteiger partial charge in [0.2, 0.25) is 0 Å². The van der Waals surface area contributed by atoms with Gasteiger partial charge in [-0.2, -0.15) is 5.10 Å². The average molecular weight is 260 g/mol. The first-order valence-corrected chi connectivity index (χ1v) is 6.46. The fourth-order valence-corrected chi connectivity index (χ4v) is 2.74. The van der Waals surface area contributed by atoms with Gasteiger partial charge in [0.05, 0.1) is 10.4 Å². The third-order valence-electron chi connectivity index (χ3n) is 3.90. The molecule has 0 aliphatic carbocycles. The van der Waals surface area contributed by atoms with Crippen LogP contribution in [0, 0.1) is 10.1 Å². The third-order valence-corrected chi connectivity index (χ3v) is 3.90. The van der Waals surface area contributed by atoms with Crippen molar-refractivity contribution in [3.05, 3.63) is 34.0 Å². The Morgan fingerprint density at radius 1 is 1.42 bits per heavy atom. The number of piperidine rings is 1. The van der Waals surface area contributed by atoms with E-state index >= 15 is 0 Å². The van der Waals surface area contributed by atoms with Crippen molar-refractivity contribution < 1.29 is 4.92 Å². The molecule has 1 fully saturated rings. The quantitative estimate of drug-likeness (QED) is 0.664. The van der Waals surface area contributed by atoms with Crippen molar-refractivity contribution in [2.45, 2.75) is 18.8 Å². The van der Waals surface area contributed by atoms with Crippen LogP contribution >= 0.6 is 0 Å². The first-order chi connectivity index (χ1) is 9.15. The average Bonchev–Trinajstić information content (AvgIpc) is 2.82. The summed E-state index contributed by atoms with van der Waals surface area (Å²) in [6.45, 7) is 2.11. The topological polar surface area (TPSA) is 75.1 Å². The lowest BCUT2D eigenvalue weighted by Crippen LogP contribution is -2.29. The Bertz CT molecular complexity index is 614. The number of aromatic amines is 1. The maximum atomic E-state index is 10.9. The molecule has 6 heteroatoms. The number of benzene rings is 1. The van der Waals surface area contributed by atoms with E-state index in [9.17, 15) is 10.1 Å². The Labute approximate surface area is 110 Å². The lowest BCUT2D eigenvalue weighted by molar-refractivity contribution is -0.384. The number of nitro groups is 1. The van der Waals surface area contributed by atoms with Crippen molar-refractivity contribution >= 4 is 16.6 Å². The molecule has 1 N–H and O–H groups in total. The van der Waals surface area contributed by atoms with Crippen LogP contribution in [0.4, 0.5) is 5.69 Å². The molecule has 1 aromatic carbocycles. The molecule has 1 aromatic heterocycles. The molecule has 100 valence electrons. The Balaban J connectivity index is 1.99. The number of fused-ring (bicyclic) bond motifs is 1. The minimum atomic E-state index is -0.356. The third kappa shape index (κ3) is 2.19. The molecule has 0 spiro atoms. The fourth-order valence-electron chi connectivity index (χ4n) is 2.74. The number of H-pyrrole nitrogens is 1. The molecule has 0 bridgehead atoms. The number of nitrogens with zero attached hydrogens (tertiary/aromatic N) is 3. The molecule has 6 nitrogen and oxygen atoms in total. The summed E-state index contributed by atoms with van der Waals surface area (Å²) < 4.78 is 0. The van der Waals surface area contributed by atoms with Crippen molar-refractivity contribution in [3.8, 4) is 0 Å². The van der Waals surface area contributed by atoms with Crippen LogP contribution in [0.5, 0.6) is 0 Å². The van der Waals surface area contributed by atoms with Gasteiger partial charge in [0.15, 0.2) is 0 Å². The molecule has 0 amide bonds. The molecule has 2 heterocycles. The van der Waals surface area contributed by atoms with Crippen molar-refractivity contribution in [1.29, 1.82) is 0 Å². The molecule has 3 rings (SSSR count). The van der Waals surface area contributed by atoms with Crippen LogP contribution in [-0.2, 0) is 0 Å². The van der Waals surface area contributed by atoms with E-state index in [4.69, 9.17) is 0 Å². The van der Waals surface area contributed by atoms with E-state index in [-0.39, 0.29) is 10.6 Å². The lowest BCUT2D eigenvalue weighted by Gasteiger charge is -2.28. The van der Waals surface area contributed by atoms with Gasteiger partial charge in [0, 0.05) is 29.1 Å². The molecule has 0 radical (unpaired) electrons. The Morgan fingerprint density at radius 2 is 2.16 bits per heavy atom. The van der Waals surface area contributed by atoms with Gasteiger partial charge in [-0.1, -0.05) is 0 Å². The predicted molar refractivity (Wildman–Crippen MR) is 72.2 cm³/mol. The first-order valence-electron chi connectivity index (χ1n) is 6.46. The number of non-ortho nitro benzene ring substituents is 1. The van der Waals surface area contributed by atoms with E-state index in [2.05, 4.69) is 22.1 Å². The largest absolute Gasteiger partial charge is 0.306 e. The van der Waals surface area contributed by atoms with Crippen LogP contribution in [-0.4, -0.2) is 40.2 Å². The zero-order valence-corrected chi connectivity index (χ0v) is 10.8. The number of hydrogen-bond donors (Lipinski definition) is 1. The second kappa shape index (κ2) is 4.62. The minimum absolute atomic E-state index is 0.128. The van der Waals surface area contributed by atoms with Crippen LogP contribution in [0.25, 0.3) is 10.9 Å². The molecule has 1 aliphatic heterocycles. The zero-order chi connectivity index (χ0) is 13.4. The number of hydrogen-bond acceptors (Lipinski definition) is 4. The van der Waals surface area contributed by atoms with Gasteiger partial charge in [-0.15, -0.1) is 0 Å². The Kier molecular flexibility index (Phi) is 2.94. The molecule has 19 heavy (non-hydrogen) atoms. The summed E-state index contributed by atoms with van der Waals surface area (Å²) in [5, 5.41) is 19.1. The molecule has 1 aliphatic rings. The lowest BCUT2D eigenvalue weighted by atomic mass is 9.92. The number of aromatic nitrogens is 2. The Hall–Kier alpha value is -1.95. The number of nitro benzene ring substituents is 1. The van der Waals surface area contributed by atoms with E-state index in [1.165, 1.54) is 6.07 Å². The highest BCUT2D eigenvalue weighted by atomic mass is 16.6. The van der Waals surface area contributed by atoms with Crippen LogP contribution < -0.4 is 0 Å². The standard InChI is InChI=1S/C13H16N4O2/c1-16-6-4-9(5-7-16)13-11-8-10(17(18)19)2-3-12(11)14-15-13/h2-3,8-9H,4-7H2,1H3,(H,14,15). The molecular formula is C13H16N4O2. The number of nitrogens with one attached hydrogen (secondary N) is 1. The maximum absolute atomic E-state index is 10.9. The van der Waals surface area contributed by atoms with Crippen molar-refractivity contribution in [2.75, 3.05) is 20.1 Å². The highest BCUT2D eigenvalue weighted by Crippen LogP contribution is 2.32. The maximum Gasteiger partial charge on any atom is 0.270 e. The van der Waals surface area contributed by atoms with Crippen molar-refractivity contribution in [2.24, 2.45) is 0 Å². The summed E-state index contributed by atoms with van der Waals surface area (Å²) in [6, 6.07) is 4.84. The summed E-state index contributed by atoms with van der Waals surface area (Å²) >= 11 is 0. The van der Waals surface area contributed by atoms with Gasteiger partial charge in [0.1, 0.15) is 0 Å². The van der Waals surface area contributed by atoms with Gasteiger partial charge in [-0.3, -0.25) is 15.2 Å². The van der Waals surface area contributed by atoms with E-state index in [0.717, 1.165) is 42.5 Å². The van der Waals surface area contributed by atoms with Crippen molar-refractivity contribution in [3.63, 3.8) is 0 Å². The summed E-state index contributed by atoms with van der Waals surface area (Å²) in [6.07, 6.45) is 2.13. The van der Waals surface area contributed by atoms with Gasteiger partial charge in [0.25, 0.3) is 5.69 Å². The van der Waals surface area contributed by atoms with Gasteiger partial charge >= 0.3 is 0 Å². The molecule has 0 atom stereocenters. The highest BCUT2D eigenvalue weighted by molar-refractivity contribution is 5.84. The molecule has 0 saturated carbocycles. The summed E-state index contributed by atoms with van der Waals surface area (Å²) in [4.78, 5) is 12.8. The second-order valence-electron chi connectivity index (χ2n) is 5.17. The highest BCUT2D eigenvalue weighted by Gasteiger charge is 2.22. The SMILES string of the molecule is CN1CCC(c2[nH]nc3ccc([N+](=O)[O-])cc23)CC1. The van der Waals surface area contributed by atoms with Gasteiger partial charge < -0.3 is 4.90 Å². The van der Waals surface area contributed by atoms with Crippen LogP contribution in [0.3, 0.4) is 0 Å². The van der Waals surface area contributed by atoms with Gasteiger partial charge in [-0.25, -0.2) is 0 Å². The summed E-state index contributed by atoms with van der Waals surface area (Å²) in [5.74, 6) is 0.420. The minimum Gasteiger partial charge on any atom is -0.306 e. The van der Waals surface area contributed by atoms with Crippen LogP contribution in [0.15, 0.2) is 18.2 Å². The van der Waals surface area contributed by atoms with E-state index in [1.807, 2.05) is 0 Å². The van der Waals surface area contributed by atoms with Crippen LogP contribution in [0.1, 0.15) is 24.5 Å². The van der Waals surface area contributed by atoms with E-state index < -0.39 is 0 Å². The predicted octanol–water partition coefficient (Wildman–Crippen LogP) is 2.28. The normalized spacial score (nSPS) is 17.9. The van der Waals surface area contributed by atoms with Gasteiger partial charge in [-0.05, 0) is 39.0 Å². The second-order valence-corrected chi connectivity index (χ2v) is 5.17. The number of rotatable bonds is 2. The molecule has 1 saturated heterocycles. The molecular weight excluding hydrogens is 244 g/mol.